The van der Waals surface area contributed by atoms with Crippen molar-refractivity contribution < 1.29 is 18.3 Å². The van der Waals surface area contributed by atoms with Gasteiger partial charge in [0, 0.05) is 11.8 Å². The largest absolute Gasteiger partial charge is 0.352 e. The molecule has 4 fully saturated rings. The Bertz CT molecular complexity index is 515. The van der Waals surface area contributed by atoms with Crippen LogP contribution in [0.3, 0.4) is 0 Å². The lowest BCUT2D eigenvalue weighted by Gasteiger charge is -2.42. The minimum atomic E-state index is -1.49. The summed E-state index contributed by atoms with van der Waals surface area (Å²) >= 11 is 0. The lowest BCUT2D eigenvalue weighted by molar-refractivity contribution is -0.237. The molecular weight excluding hydrogens is 370 g/mol. The molecule has 3 aliphatic carbocycles. The van der Waals surface area contributed by atoms with Crippen molar-refractivity contribution >= 4 is 0 Å². The second kappa shape index (κ2) is 10.2. The van der Waals surface area contributed by atoms with Gasteiger partial charge >= 0.3 is 0 Å². The molecule has 2 nitrogen and oxygen atoms in total. The van der Waals surface area contributed by atoms with Crippen molar-refractivity contribution in [2.45, 2.75) is 90.3 Å². The van der Waals surface area contributed by atoms with Crippen LogP contribution >= 0.6 is 0 Å². The molecule has 4 rings (SSSR count). The van der Waals surface area contributed by atoms with Gasteiger partial charge in [0.05, 0.1) is 13.2 Å². The van der Waals surface area contributed by atoms with E-state index in [1.807, 2.05) is 0 Å². The van der Waals surface area contributed by atoms with Crippen LogP contribution in [0, 0.1) is 41.4 Å². The zero-order chi connectivity index (χ0) is 20.2. The van der Waals surface area contributed by atoms with Crippen LogP contribution in [0.4, 0.5) is 8.78 Å². The van der Waals surface area contributed by atoms with E-state index in [2.05, 4.69) is 6.92 Å². The Kier molecular flexibility index (Phi) is 7.66. The average molecular weight is 411 g/mol. The smallest absolute Gasteiger partial charge is 0.266 e. The molecule has 4 aliphatic rings. The van der Waals surface area contributed by atoms with Crippen molar-refractivity contribution in [1.29, 1.82) is 0 Å². The Morgan fingerprint density at radius 2 is 1.07 bits per heavy atom. The highest BCUT2D eigenvalue weighted by Crippen LogP contribution is 2.44. The molecular formula is C25H40F2O2. The zero-order valence-corrected chi connectivity index (χ0v) is 18.2. The van der Waals surface area contributed by atoms with Gasteiger partial charge in [-0.15, -0.1) is 0 Å². The van der Waals surface area contributed by atoms with E-state index in [0.717, 1.165) is 62.6 Å². The maximum Gasteiger partial charge on any atom is 0.266 e. The van der Waals surface area contributed by atoms with Crippen LogP contribution in [0.1, 0.15) is 84.0 Å². The molecule has 1 saturated heterocycles. The lowest BCUT2D eigenvalue weighted by Crippen LogP contribution is -2.41. The van der Waals surface area contributed by atoms with Gasteiger partial charge in [0.25, 0.3) is 6.08 Å². The van der Waals surface area contributed by atoms with Gasteiger partial charge in [-0.25, -0.2) is 0 Å². The van der Waals surface area contributed by atoms with Crippen molar-refractivity contribution in [3.63, 3.8) is 0 Å². The molecule has 0 aromatic rings. The van der Waals surface area contributed by atoms with E-state index in [-0.39, 0.29) is 12.2 Å². The molecule has 0 atom stereocenters. The van der Waals surface area contributed by atoms with Crippen LogP contribution in [-0.2, 0) is 9.47 Å². The summed E-state index contributed by atoms with van der Waals surface area (Å²) in [7, 11) is 0. The van der Waals surface area contributed by atoms with Crippen LogP contribution in [0.15, 0.2) is 12.2 Å². The summed E-state index contributed by atoms with van der Waals surface area (Å²) in [5, 5.41) is 0. The van der Waals surface area contributed by atoms with Crippen molar-refractivity contribution in [2.24, 2.45) is 41.4 Å². The van der Waals surface area contributed by atoms with E-state index in [1.165, 1.54) is 57.4 Å². The molecule has 1 aliphatic heterocycles. The van der Waals surface area contributed by atoms with E-state index in [0.29, 0.717) is 11.8 Å². The second-order valence-electron chi connectivity index (χ2n) is 10.6. The van der Waals surface area contributed by atoms with Crippen LogP contribution in [-0.4, -0.2) is 19.5 Å². The van der Waals surface area contributed by atoms with Crippen molar-refractivity contribution in [3.05, 3.63) is 12.2 Å². The fourth-order valence-electron chi connectivity index (χ4n) is 6.68. The number of ether oxygens (including phenoxy) is 2. The first-order chi connectivity index (χ1) is 14.1. The molecule has 166 valence electrons. The van der Waals surface area contributed by atoms with Crippen LogP contribution < -0.4 is 0 Å². The summed E-state index contributed by atoms with van der Waals surface area (Å²) in [6.45, 7) is 4.13. The summed E-state index contributed by atoms with van der Waals surface area (Å²) in [5.41, 5.74) is 0. The maximum absolute atomic E-state index is 12.5. The van der Waals surface area contributed by atoms with E-state index in [1.54, 1.807) is 0 Å². The Labute approximate surface area is 175 Å². The molecule has 1 heterocycles. The van der Waals surface area contributed by atoms with Crippen LogP contribution in [0.5, 0.6) is 0 Å². The van der Waals surface area contributed by atoms with Gasteiger partial charge in [-0.3, -0.25) is 0 Å². The number of hydrogen-bond acceptors (Lipinski definition) is 2. The number of hydrogen-bond donors (Lipinski definition) is 0. The van der Waals surface area contributed by atoms with Gasteiger partial charge in [-0.05, 0) is 99.9 Å². The third-order valence-corrected chi connectivity index (χ3v) is 8.72. The first-order valence-electron chi connectivity index (χ1n) is 12.3. The van der Waals surface area contributed by atoms with Gasteiger partial charge in [-0.1, -0.05) is 19.8 Å². The molecule has 0 aromatic carbocycles. The lowest BCUT2D eigenvalue weighted by atomic mass is 9.67. The third kappa shape index (κ3) is 5.81. The maximum atomic E-state index is 12.5. The van der Waals surface area contributed by atoms with Gasteiger partial charge < -0.3 is 9.47 Å². The van der Waals surface area contributed by atoms with Gasteiger partial charge in [0.15, 0.2) is 6.29 Å². The number of halogens is 2. The summed E-state index contributed by atoms with van der Waals surface area (Å²) in [4.78, 5) is 0. The first-order valence-corrected chi connectivity index (χ1v) is 12.3. The monoisotopic (exact) mass is 410 g/mol. The summed E-state index contributed by atoms with van der Waals surface area (Å²) in [6.07, 6.45) is 14.3. The standard InChI is InChI=1S/C25H40F2O2/c1-17-2-6-22(7-3-17)25-28-15-23(16-29-25)21-12-10-20(11-13-21)19-8-4-18(5-9-19)14-24(26)27/h14,17-23,25H,2-13,15-16H2,1H3. The first kappa shape index (κ1) is 21.7. The second-order valence-corrected chi connectivity index (χ2v) is 10.6. The predicted octanol–water partition coefficient (Wildman–Crippen LogP) is 7.20. The van der Waals surface area contributed by atoms with Gasteiger partial charge in [0.1, 0.15) is 0 Å². The Hall–Kier alpha value is -0.480. The fraction of sp³-hybridized carbons (Fsp3) is 0.920. The Morgan fingerprint density at radius 3 is 1.59 bits per heavy atom. The minimum absolute atomic E-state index is 0.0495. The summed E-state index contributed by atoms with van der Waals surface area (Å²) in [6, 6.07) is 0. The van der Waals surface area contributed by atoms with E-state index in [9.17, 15) is 8.78 Å². The molecule has 0 unspecified atom stereocenters. The number of allylic oxidation sites excluding steroid dienone is 1. The third-order valence-electron chi connectivity index (χ3n) is 8.72. The van der Waals surface area contributed by atoms with E-state index in [4.69, 9.17) is 9.47 Å². The molecule has 0 amide bonds. The topological polar surface area (TPSA) is 18.5 Å². The quantitative estimate of drug-likeness (QED) is 0.488. The SMILES string of the molecule is CC1CCC(C2OCC(C3CCC(C4CCC(C=C(F)F)CC4)CC3)CO2)CC1. The molecule has 0 spiro atoms. The van der Waals surface area contributed by atoms with Crippen molar-refractivity contribution in [2.75, 3.05) is 13.2 Å². The van der Waals surface area contributed by atoms with Crippen LogP contribution in [0.2, 0.25) is 0 Å². The van der Waals surface area contributed by atoms with Crippen LogP contribution in [0.25, 0.3) is 0 Å². The highest BCUT2D eigenvalue weighted by atomic mass is 19.3. The molecule has 0 radical (unpaired) electrons. The van der Waals surface area contributed by atoms with Crippen molar-refractivity contribution in [1.82, 2.24) is 0 Å². The average Bonchev–Trinajstić information content (AvgIpc) is 2.75. The van der Waals surface area contributed by atoms with Crippen molar-refractivity contribution in [3.8, 4) is 0 Å². The Morgan fingerprint density at radius 1 is 0.621 bits per heavy atom. The highest BCUT2D eigenvalue weighted by Gasteiger charge is 2.37. The van der Waals surface area contributed by atoms with Gasteiger partial charge in [-0.2, -0.15) is 8.78 Å². The minimum Gasteiger partial charge on any atom is -0.352 e. The molecule has 29 heavy (non-hydrogen) atoms. The predicted molar refractivity (Wildman–Crippen MR) is 111 cm³/mol. The summed E-state index contributed by atoms with van der Waals surface area (Å²) in [5.74, 6) is 4.49. The number of rotatable bonds is 4. The molecule has 3 saturated carbocycles. The van der Waals surface area contributed by atoms with E-state index >= 15 is 0 Å². The molecule has 0 N–H and O–H groups in total. The molecule has 0 aromatic heterocycles. The fourth-order valence-corrected chi connectivity index (χ4v) is 6.68. The summed E-state index contributed by atoms with van der Waals surface area (Å²) < 4.78 is 37.4. The van der Waals surface area contributed by atoms with Gasteiger partial charge in [0.2, 0.25) is 0 Å². The Balaban J connectivity index is 1.16. The molecule has 4 heteroatoms. The molecule has 0 bridgehead atoms. The highest BCUT2D eigenvalue weighted by molar-refractivity contribution is 4.92. The van der Waals surface area contributed by atoms with E-state index < -0.39 is 6.08 Å². The normalized spacial score (nSPS) is 44.2. The zero-order valence-electron chi connectivity index (χ0n) is 18.2.